The van der Waals surface area contributed by atoms with Gasteiger partial charge in [0, 0.05) is 17.5 Å². The van der Waals surface area contributed by atoms with Crippen LogP contribution in [0.2, 0.25) is 0 Å². The third kappa shape index (κ3) is 4.90. The van der Waals surface area contributed by atoms with Gasteiger partial charge in [-0.3, -0.25) is 19.0 Å². The predicted octanol–water partition coefficient (Wildman–Crippen LogP) is 5.47. The number of benzene rings is 3. The molecule has 0 aliphatic heterocycles. The van der Waals surface area contributed by atoms with E-state index in [9.17, 15) is 14.4 Å². The smallest absolute Gasteiger partial charge is 0.265 e. The molecule has 0 fully saturated rings. The lowest BCUT2D eigenvalue weighted by atomic mass is 10.1. The van der Waals surface area contributed by atoms with Gasteiger partial charge >= 0.3 is 0 Å². The zero-order chi connectivity index (χ0) is 25.8. The van der Waals surface area contributed by atoms with Crippen LogP contribution in [0.1, 0.15) is 32.0 Å². The SMILES string of the molecule is COc1c(C(=O)NCCCc2ccccc2)sc2c1c(=O)n(CC(=O)c1ccccc1)c1ccccc21. The topological polar surface area (TPSA) is 77.4 Å². The maximum absolute atomic E-state index is 13.7. The molecule has 0 spiro atoms. The van der Waals surface area contributed by atoms with Crippen molar-refractivity contribution in [1.29, 1.82) is 0 Å². The van der Waals surface area contributed by atoms with Crippen molar-refractivity contribution < 1.29 is 14.3 Å². The van der Waals surface area contributed by atoms with Gasteiger partial charge in [-0.2, -0.15) is 0 Å². The van der Waals surface area contributed by atoms with E-state index in [1.807, 2.05) is 48.5 Å². The van der Waals surface area contributed by atoms with E-state index < -0.39 is 0 Å². The second-order valence-electron chi connectivity index (χ2n) is 8.71. The van der Waals surface area contributed by atoms with Crippen molar-refractivity contribution in [2.24, 2.45) is 0 Å². The quantitative estimate of drug-likeness (QED) is 0.211. The van der Waals surface area contributed by atoms with Crippen LogP contribution in [0.15, 0.2) is 89.7 Å². The van der Waals surface area contributed by atoms with Crippen molar-refractivity contribution in [3.63, 3.8) is 0 Å². The number of ether oxygens (including phenoxy) is 1. The summed E-state index contributed by atoms with van der Waals surface area (Å²) in [5.41, 5.74) is 2.04. The van der Waals surface area contributed by atoms with Crippen LogP contribution in [-0.2, 0) is 13.0 Å². The summed E-state index contributed by atoms with van der Waals surface area (Å²) >= 11 is 1.24. The summed E-state index contributed by atoms with van der Waals surface area (Å²) in [7, 11) is 1.46. The van der Waals surface area contributed by atoms with Crippen LogP contribution in [0.25, 0.3) is 21.0 Å². The summed E-state index contributed by atoms with van der Waals surface area (Å²) in [4.78, 5) is 40.3. The molecule has 3 aromatic carbocycles. The van der Waals surface area contributed by atoms with Gasteiger partial charge in [-0.1, -0.05) is 78.9 Å². The maximum atomic E-state index is 13.7. The molecule has 5 aromatic rings. The summed E-state index contributed by atoms with van der Waals surface area (Å²) in [6, 6.07) is 26.5. The average molecular weight is 511 g/mol. The highest BCUT2D eigenvalue weighted by Gasteiger charge is 2.25. The van der Waals surface area contributed by atoms with Crippen LogP contribution >= 0.6 is 11.3 Å². The first-order valence-electron chi connectivity index (χ1n) is 12.1. The number of carbonyl (C=O) groups is 2. The van der Waals surface area contributed by atoms with Gasteiger partial charge in [0.15, 0.2) is 11.5 Å². The molecule has 1 amide bonds. The third-order valence-electron chi connectivity index (χ3n) is 6.34. The number of ketones is 1. The van der Waals surface area contributed by atoms with Crippen molar-refractivity contribution in [2.75, 3.05) is 13.7 Å². The highest BCUT2D eigenvalue weighted by molar-refractivity contribution is 7.22. The van der Waals surface area contributed by atoms with Crippen molar-refractivity contribution >= 4 is 44.0 Å². The zero-order valence-electron chi connectivity index (χ0n) is 20.4. The number of hydrogen-bond donors (Lipinski definition) is 1. The fourth-order valence-electron chi connectivity index (χ4n) is 4.52. The Morgan fingerprint density at radius 1 is 0.919 bits per heavy atom. The first-order chi connectivity index (χ1) is 18.1. The van der Waals surface area contributed by atoms with Gasteiger partial charge in [0.2, 0.25) is 0 Å². The van der Waals surface area contributed by atoms with E-state index >= 15 is 0 Å². The molecule has 7 heteroatoms. The van der Waals surface area contributed by atoms with Crippen LogP contribution in [0.4, 0.5) is 0 Å². The molecule has 1 N–H and O–H groups in total. The number of carbonyl (C=O) groups excluding carboxylic acids is 2. The third-order valence-corrected chi connectivity index (χ3v) is 7.54. The summed E-state index contributed by atoms with van der Waals surface area (Å²) in [6.45, 7) is 0.390. The van der Waals surface area contributed by atoms with Crippen LogP contribution in [0, 0.1) is 0 Å². The number of aromatic nitrogens is 1. The molecule has 0 radical (unpaired) electrons. The Bertz CT molecular complexity index is 1640. The molecular formula is C30H26N2O4S. The van der Waals surface area contributed by atoms with Crippen LogP contribution in [0.5, 0.6) is 5.75 Å². The van der Waals surface area contributed by atoms with Crippen molar-refractivity contribution in [3.05, 3.63) is 111 Å². The Hall–Kier alpha value is -4.23. The van der Waals surface area contributed by atoms with Crippen molar-refractivity contribution in [2.45, 2.75) is 19.4 Å². The number of hydrogen-bond acceptors (Lipinski definition) is 5. The molecule has 0 saturated heterocycles. The normalized spacial score (nSPS) is 11.1. The van der Waals surface area contributed by atoms with Gasteiger partial charge in [-0.05, 0) is 24.5 Å². The zero-order valence-corrected chi connectivity index (χ0v) is 21.2. The number of nitrogens with one attached hydrogen (secondary N) is 1. The highest BCUT2D eigenvalue weighted by atomic mass is 32.1. The fourth-order valence-corrected chi connectivity index (χ4v) is 5.74. The van der Waals surface area contributed by atoms with E-state index in [-0.39, 0.29) is 29.5 Å². The van der Waals surface area contributed by atoms with Crippen LogP contribution in [0.3, 0.4) is 0 Å². The summed E-state index contributed by atoms with van der Waals surface area (Å²) in [5, 5.41) is 4.09. The first-order valence-corrected chi connectivity index (χ1v) is 12.9. The number of aryl methyl sites for hydroxylation is 1. The Balaban J connectivity index is 1.49. The lowest BCUT2D eigenvalue weighted by Crippen LogP contribution is -2.25. The molecule has 0 aliphatic rings. The second-order valence-corrected chi connectivity index (χ2v) is 9.73. The monoisotopic (exact) mass is 510 g/mol. The molecule has 0 aliphatic carbocycles. The minimum atomic E-state index is -0.353. The number of methoxy groups -OCH3 is 1. The number of fused-ring (bicyclic) bond motifs is 3. The fraction of sp³-hybridized carbons (Fsp3) is 0.167. The molecule has 37 heavy (non-hydrogen) atoms. The van der Waals surface area contributed by atoms with E-state index in [2.05, 4.69) is 17.4 Å². The van der Waals surface area contributed by atoms with E-state index in [4.69, 9.17) is 4.74 Å². The van der Waals surface area contributed by atoms with Crippen molar-refractivity contribution in [1.82, 2.24) is 9.88 Å². The molecule has 2 heterocycles. The summed E-state index contributed by atoms with van der Waals surface area (Å²) in [5.74, 6) is -0.198. The van der Waals surface area contributed by atoms with Crippen LogP contribution in [-0.4, -0.2) is 29.9 Å². The Kier molecular flexibility index (Phi) is 7.14. The molecule has 0 bridgehead atoms. The van der Waals surface area contributed by atoms with Gasteiger partial charge in [0.25, 0.3) is 11.5 Å². The molecule has 0 unspecified atom stereocenters. The Morgan fingerprint density at radius 2 is 1.59 bits per heavy atom. The Morgan fingerprint density at radius 3 is 2.32 bits per heavy atom. The summed E-state index contributed by atoms with van der Waals surface area (Å²) < 4.78 is 7.77. The van der Waals surface area contributed by atoms with E-state index in [1.54, 1.807) is 24.3 Å². The Labute approximate surface area is 218 Å². The molecular weight excluding hydrogens is 484 g/mol. The second kappa shape index (κ2) is 10.8. The number of para-hydroxylation sites is 1. The van der Waals surface area contributed by atoms with Gasteiger partial charge in [-0.25, -0.2) is 0 Å². The molecule has 2 aromatic heterocycles. The lowest BCUT2D eigenvalue weighted by molar-refractivity contribution is 0.0951. The number of rotatable bonds is 9. The molecule has 5 rings (SSSR count). The average Bonchev–Trinajstić information content (AvgIpc) is 3.34. The maximum Gasteiger partial charge on any atom is 0.265 e. The predicted molar refractivity (Wildman–Crippen MR) is 148 cm³/mol. The van der Waals surface area contributed by atoms with E-state index in [1.165, 1.54) is 28.6 Å². The standard InChI is InChI=1S/C30H26N2O4S/c1-36-26-25-27(37-28(26)29(34)31-18-10-13-20-11-4-2-5-12-20)22-16-8-9-17-23(22)32(30(25)35)19-24(33)21-14-6-3-7-15-21/h2-9,11-12,14-17H,10,13,18-19H2,1H3,(H,31,34). The minimum absolute atomic E-state index is 0.112. The number of nitrogens with zero attached hydrogens (tertiary/aromatic N) is 1. The lowest BCUT2D eigenvalue weighted by Gasteiger charge is -2.11. The minimum Gasteiger partial charge on any atom is -0.494 e. The van der Waals surface area contributed by atoms with Crippen LogP contribution < -0.4 is 15.6 Å². The van der Waals surface area contributed by atoms with Gasteiger partial charge in [0.05, 0.1) is 23.9 Å². The highest BCUT2D eigenvalue weighted by Crippen LogP contribution is 2.39. The molecule has 0 saturated carbocycles. The molecule has 186 valence electrons. The number of amides is 1. The number of thiophene rings is 1. The number of pyridine rings is 1. The molecule has 0 atom stereocenters. The first kappa shape index (κ1) is 24.5. The largest absolute Gasteiger partial charge is 0.494 e. The van der Waals surface area contributed by atoms with E-state index in [0.717, 1.165) is 18.2 Å². The summed E-state index contributed by atoms with van der Waals surface area (Å²) in [6.07, 6.45) is 1.65. The van der Waals surface area contributed by atoms with Gasteiger partial charge in [-0.15, -0.1) is 11.3 Å². The van der Waals surface area contributed by atoms with Crippen molar-refractivity contribution in [3.8, 4) is 5.75 Å². The number of Topliss-reactive ketones (excluding diaryl/α,β-unsaturated/α-hetero) is 1. The molecule has 6 nitrogen and oxygen atoms in total. The van der Waals surface area contributed by atoms with Gasteiger partial charge in [0.1, 0.15) is 10.3 Å². The van der Waals surface area contributed by atoms with E-state index in [0.29, 0.717) is 32.6 Å². The van der Waals surface area contributed by atoms with Gasteiger partial charge < -0.3 is 10.1 Å².